The van der Waals surface area contributed by atoms with Gasteiger partial charge in [-0.3, -0.25) is 14.5 Å². The molecule has 0 radical (unpaired) electrons. The van der Waals surface area contributed by atoms with E-state index in [-0.39, 0.29) is 18.4 Å². The molecule has 0 bridgehead atoms. The molecule has 2 fully saturated rings. The zero-order valence-electron chi connectivity index (χ0n) is 17.1. The summed E-state index contributed by atoms with van der Waals surface area (Å²) in [6.07, 6.45) is 5.19. The lowest BCUT2D eigenvalue weighted by atomic mass is 9.75. The molecule has 1 saturated carbocycles. The standard InChI is InChI=1S/C22H29N3O3S/c1-3-16-8-11-22(12-9-16)20(27)25(21(28)23-22)14-19(26)24-13-10-15(2)29-18-7-5-4-6-17(18)24/h4-7,15-16H,3,8-14H2,1-2H3,(H,23,28)/t15-,16?,22?/m0/s1. The third-order valence-corrected chi connectivity index (χ3v) is 7.86. The summed E-state index contributed by atoms with van der Waals surface area (Å²) in [5.74, 6) is 0.195. The Morgan fingerprint density at radius 3 is 2.66 bits per heavy atom. The van der Waals surface area contributed by atoms with Gasteiger partial charge in [-0.05, 0) is 50.2 Å². The van der Waals surface area contributed by atoms with Gasteiger partial charge in [0.25, 0.3) is 5.91 Å². The molecule has 1 saturated heterocycles. The van der Waals surface area contributed by atoms with E-state index in [0.717, 1.165) is 41.2 Å². The van der Waals surface area contributed by atoms with Crippen molar-refractivity contribution in [2.24, 2.45) is 5.92 Å². The molecule has 1 spiro atoms. The Labute approximate surface area is 176 Å². The van der Waals surface area contributed by atoms with Gasteiger partial charge in [0, 0.05) is 16.7 Å². The van der Waals surface area contributed by atoms with Gasteiger partial charge in [0.05, 0.1) is 5.69 Å². The molecule has 1 aromatic carbocycles. The summed E-state index contributed by atoms with van der Waals surface area (Å²) in [4.78, 5) is 42.9. The Hall–Kier alpha value is -2.02. The molecular formula is C22H29N3O3S. The number of nitrogens with zero attached hydrogens (tertiary/aromatic N) is 2. The molecule has 1 atom stereocenters. The molecule has 29 heavy (non-hydrogen) atoms. The molecule has 4 rings (SSSR count). The number of hydrogen-bond acceptors (Lipinski definition) is 4. The van der Waals surface area contributed by atoms with Crippen LogP contribution >= 0.6 is 11.8 Å². The molecule has 156 valence electrons. The molecule has 3 aliphatic rings. The second-order valence-electron chi connectivity index (χ2n) is 8.49. The fraction of sp³-hybridized carbons (Fsp3) is 0.591. The van der Waals surface area contributed by atoms with Crippen molar-refractivity contribution >= 4 is 35.3 Å². The van der Waals surface area contributed by atoms with Gasteiger partial charge in [0.1, 0.15) is 12.1 Å². The first-order chi connectivity index (χ1) is 13.9. The van der Waals surface area contributed by atoms with Crippen LogP contribution in [0.1, 0.15) is 52.4 Å². The number of anilines is 1. The van der Waals surface area contributed by atoms with Crippen LogP contribution < -0.4 is 10.2 Å². The fourth-order valence-corrected chi connectivity index (χ4v) is 5.82. The quantitative estimate of drug-likeness (QED) is 0.763. The Bertz CT molecular complexity index is 819. The van der Waals surface area contributed by atoms with Gasteiger partial charge in [-0.15, -0.1) is 11.8 Å². The number of thioether (sulfide) groups is 1. The van der Waals surface area contributed by atoms with Crippen LogP contribution in [0.15, 0.2) is 29.2 Å². The van der Waals surface area contributed by atoms with Crippen LogP contribution in [0.4, 0.5) is 10.5 Å². The van der Waals surface area contributed by atoms with Gasteiger partial charge in [0.2, 0.25) is 5.91 Å². The number of amides is 4. The van der Waals surface area contributed by atoms with E-state index in [1.54, 1.807) is 16.7 Å². The number of carbonyl (C=O) groups excluding carboxylic acids is 3. The monoisotopic (exact) mass is 415 g/mol. The van der Waals surface area contributed by atoms with Crippen molar-refractivity contribution in [1.82, 2.24) is 10.2 Å². The third kappa shape index (κ3) is 3.77. The average molecular weight is 416 g/mol. The Balaban J connectivity index is 1.50. The summed E-state index contributed by atoms with van der Waals surface area (Å²) in [6.45, 7) is 4.72. The van der Waals surface area contributed by atoms with E-state index < -0.39 is 11.6 Å². The summed E-state index contributed by atoms with van der Waals surface area (Å²) < 4.78 is 0. The molecule has 7 heteroatoms. The average Bonchev–Trinajstić information content (AvgIpc) is 2.85. The zero-order chi connectivity index (χ0) is 20.6. The Morgan fingerprint density at radius 2 is 1.93 bits per heavy atom. The van der Waals surface area contributed by atoms with E-state index >= 15 is 0 Å². The van der Waals surface area contributed by atoms with Crippen LogP contribution in [0.3, 0.4) is 0 Å². The second kappa shape index (κ2) is 8.01. The topological polar surface area (TPSA) is 69.7 Å². The van der Waals surface area contributed by atoms with Crippen LogP contribution in [-0.2, 0) is 9.59 Å². The number of carbonyl (C=O) groups is 3. The Morgan fingerprint density at radius 1 is 1.21 bits per heavy atom. The summed E-state index contributed by atoms with van der Waals surface area (Å²) in [6, 6.07) is 7.43. The maximum Gasteiger partial charge on any atom is 0.325 e. The lowest BCUT2D eigenvalue weighted by Crippen LogP contribution is -2.50. The second-order valence-corrected chi connectivity index (χ2v) is 9.97. The highest BCUT2D eigenvalue weighted by Gasteiger charge is 2.52. The molecular weight excluding hydrogens is 386 g/mol. The van der Waals surface area contributed by atoms with E-state index in [0.29, 0.717) is 30.6 Å². The van der Waals surface area contributed by atoms with Gasteiger partial charge in [-0.1, -0.05) is 32.4 Å². The highest BCUT2D eigenvalue weighted by Crippen LogP contribution is 2.39. The highest BCUT2D eigenvalue weighted by atomic mass is 32.2. The summed E-state index contributed by atoms with van der Waals surface area (Å²) in [7, 11) is 0. The largest absolute Gasteiger partial charge is 0.325 e. The molecule has 0 unspecified atom stereocenters. The molecule has 4 amide bonds. The minimum absolute atomic E-state index is 0.197. The van der Waals surface area contributed by atoms with Crippen LogP contribution in [0.25, 0.3) is 0 Å². The molecule has 0 aromatic heterocycles. The summed E-state index contributed by atoms with van der Waals surface area (Å²) >= 11 is 1.76. The first kappa shape index (κ1) is 20.3. The number of urea groups is 1. The van der Waals surface area contributed by atoms with Crippen LogP contribution in [0.2, 0.25) is 0 Å². The lowest BCUT2D eigenvalue weighted by molar-refractivity contribution is -0.135. The van der Waals surface area contributed by atoms with Crippen molar-refractivity contribution in [3.63, 3.8) is 0 Å². The van der Waals surface area contributed by atoms with E-state index in [1.807, 2.05) is 24.3 Å². The minimum Gasteiger partial charge on any atom is -0.323 e. The lowest BCUT2D eigenvalue weighted by Gasteiger charge is -2.34. The fourth-order valence-electron chi connectivity index (χ4n) is 4.70. The van der Waals surface area contributed by atoms with Crippen molar-refractivity contribution in [1.29, 1.82) is 0 Å². The first-order valence-electron chi connectivity index (χ1n) is 10.6. The van der Waals surface area contributed by atoms with Gasteiger partial charge >= 0.3 is 6.03 Å². The number of benzene rings is 1. The van der Waals surface area contributed by atoms with Crippen LogP contribution in [0.5, 0.6) is 0 Å². The smallest absolute Gasteiger partial charge is 0.323 e. The van der Waals surface area contributed by atoms with Gasteiger partial charge in [0.15, 0.2) is 0 Å². The molecule has 1 aromatic rings. The van der Waals surface area contributed by atoms with E-state index in [9.17, 15) is 14.4 Å². The van der Waals surface area contributed by atoms with Gasteiger partial charge in [-0.25, -0.2) is 4.79 Å². The van der Waals surface area contributed by atoms with Gasteiger partial charge in [-0.2, -0.15) is 0 Å². The van der Waals surface area contributed by atoms with E-state index in [4.69, 9.17) is 0 Å². The van der Waals surface area contributed by atoms with Crippen LogP contribution in [-0.4, -0.2) is 46.6 Å². The SMILES string of the molecule is CCC1CCC2(CC1)NC(=O)N(CC(=O)N1CC[C@H](C)Sc3ccccc31)C2=O. The number of hydrogen-bond donors (Lipinski definition) is 1. The maximum atomic E-state index is 13.2. The number of para-hydroxylation sites is 1. The molecule has 2 heterocycles. The van der Waals surface area contributed by atoms with E-state index in [1.165, 1.54) is 0 Å². The highest BCUT2D eigenvalue weighted by molar-refractivity contribution is 8.00. The molecule has 6 nitrogen and oxygen atoms in total. The van der Waals surface area contributed by atoms with Crippen LogP contribution in [0, 0.1) is 5.92 Å². The predicted molar refractivity (Wildman–Crippen MR) is 114 cm³/mol. The zero-order valence-corrected chi connectivity index (χ0v) is 18.0. The van der Waals surface area contributed by atoms with Crippen molar-refractivity contribution in [3.8, 4) is 0 Å². The molecule has 1 aliphatic carbocycles. The summed E-state index contributed by atoms with van der Waals surface area (Å²) in [5, 5.41) is 3.33. The minimum atomic E-state index is -0.801. The normalized spacial score (nSPS) is 29.6. The van der Waals surface area contributed by atoms with Crippen molar-refractivity contribution in [3.05, 3.63) is 24.3 Å². The van der Waals surface area contributed by atoms with Gasteiger partial charge < -0.3 is 10.2 Å². The van der Waals surface area contributed by atoms with E-state index in [2.05, 4.69) is 19.2 Å². The number of nitrogens with one attached hydrogen (secondary N) is 1. The number of fused-ring (bicyclic) bond motifs is 1. The van der Waals surface area contributed by atoms with Crippen molar-refractivity contribution in [2.45, 2.75) is 68.1 Å². The summed E-state index contributed by atoms with van der Waals surface area (Å²) in [5.41, 5.74) is 0.0708. The molecule has 2 aliphatic heterocycles. The number of rotatable bonds is 3. The van der Waals surface area contributed by atoms with Crippen molar-refractivity contribution in [2.75, 3.05) is 18.0 Å². The third-order valence-electron chi connectivity index (χ3n) is 6.62. The first-order valence-corrected chi connectivity index (χ1v) is 11.5. The number of imide groups is 1. The maximum absolute atomic E-state index is 13.2. The Kier molecular flexibility index (Phi) is 5.60. The van der Waals surface area contributed by atoms with Crippen molar-refractivity contribution < 1.29 is 14.4 Å². The predicted octanol–water partition coefficient (Wildman–Crippen LogP) is 3.79. The molecule has 1 N–H and O–H groups in total.